The number of nitrogens with zero attached hydrogens (tertiary/aromatic N) is 2. The molecule has 1 atom stereocenters. The third-order valence-corrected chi connectivity index (χ3v) is 5.77. The lowest BCUT2D eigenvalue weighted by atomic mass is 10.1. The second-order valence-electron chi connectivity index (χ2n) is 7.74. The molecular formula is C25H36N4O3. The first-order valence-corrected chi connectivity index (χ1v) is 11.3. The van der Waals surface area contributed by atoms with Crippen molar-refractivity contribution in [3.05, 3.63) is 53.6 Å². The summed E-state index contributed by atoms with van der Waals surface area (Å²) in [4.78, 5) is 7.37. The molecule has 1 unspecified atom stereocenters. The average molecular weight is 441 g/mol. The van der Waals surface area contributed by atoms with Crippen LogP contribution < -0.4 is 24.8 Å². The van der Waals surface area contributed by atoms with Crippen LogP contribution in [0.25, 0.3) is 0 Å². The number of rotatable bonds is 10. The first-order chi connectivity index (χ1) is 15.7. The third kappa shape index (κ3) is 5.85. The molecule has 2 N–H and O–H groups in total. The largest absolute Gasteiger partial charge is 0.493 e. The van der Waals surface area contributed by atoms with Crippen molar-refractivity contribution in [2.45, 2.75) is 32.4 Å². The number of ether oxygens (including phenoxy) is 3. The van der Waals surface area contributed by atoms with Gasteiger partial charge >= 0.3 is 0 Å². The van der Waals surface area contributed by atoms with E-state index in [1.807, 2.05) is 12.1 Å². The van der Waals surface area contributed by atoms with Crippen LogP contribution in [0.5, 0.6) is 17.2 Å². The van der Waals surface area contributed by atoms with Crippen LogP contribution >= 0.6 is 0 Å². The van der Waals surface area contributed by atoms with E-state index < -0.39 is 0 Å². The quantitative estimate of drug-likeness (QED) is 0.435. The monoisotopic (exact) mass is 440 g/mol. The molecule has 3 rings (SSSR count). The molecule has 0 bridgehead atoms. The summed E-state index contributed by atoms with van der Waals surface area (Å²) in [6.07, 6.45) is 2.52. The summed E-state index contributed by atoms with van der Waals surface area (Å²) in [7, 11) is 4.86. The van der Waals surface area contributed by atoms with E-state index in [2.05, 4.69) is 52.8 Å². The van der Waals surface area contributed by atoms with E-state index in [0.29, 0.717) is 29.8 Å². The van der Waals surface area contributed by atoms with Gasteiger partial charge in [-0.2, -0.15) is 0 Å². The summed E-state index contributed by atoms with van der Waals surface area (Å²) < 4.78 is 16.5. The van der Waals surface area contributed by atoms with Crippen LogP contribution in [0.3, 0.4) is 0 Å². The predicted molar refractivity (Wildman–Crippen MR) is 129 cm³/mol. The summed E-state index contributed by atoms with van der Waals surface area (Å²) in [6, 6.07) is 14.9. The van der Waals surface area contributed by atoms with Gasteiger partial charge in [0.25, 0.3) is 0 Å². The summed E-state index contributed by atoms with van der Waals surface area (Å²) in [5, 5.41) is 6.92. The summed E-state index contributed by atoms with van der Waals surface area (Å²) in [6.45, 7) is 6.38. The van der Waals surface area contributed by atoms with Gasteiger partial charge in [-0.05, 0) is 50.6 Å². The van der Waals surface area contributed by atoms with Crippen LogP contribution in [0.4, 0.5) is 0 Å². The van der Waals surface area contributed by atoms with E-state index in [9.17, 15) is 0 Å². The van der Waals surface area contributed by atoms with Crippen LogP contribution in [0.2, 0.25) is 0 Å². The summed E-state index contributed by atoms with van der Waals surface area (Å²) in [5.74, 6) is 2.65. The number of aliphatic imine (C=N–C) groups is 1. The molecule has 1 aliphatic heterocycles. The third-order valence-electron chi connectivity index (χ3n) is 5.77. The average Bonchev–Trinajstić information content (AvgIpc) is 3.37. The Bertz CT molecular complexity index is 867. The van der Waals surface area contributed by atoms with E-state index in [0.717, 1.165) is 37.7 Å². The number of benzene rings is 2. The van der Waals surface area contributed by atoms with Crippen molar-refractivity contribution in [3.8, 4) is 17.2 Å². The fourth-order valence-electron chi connectivity index (χ4n) is 4.17. The SMILES string of the molecule is CCNC(=NCc1ccc(OC)c(OC)c1OC)NCC(c1ccccc1)N1CCCC1. The normalized spacial score (nSPS) is 15.3. The molecule has 0 radical (unpaired) electrons. The Morgan fingerprint density at radius 1 is 0.938 bits per heavy atom. The maximum absolute atomic E-state index is 5.60. The highest BCUT2D eigenvalue weighted by atomic mass is 16.5. The molecule has 2 aromatic rings. The molecule has 1 heterocycles. The van der Waals surface area contributed by atoms with Crippen molar-refractivity contribution < 1.29 is 14.2 Å². The van der Waals surface area contributed by atoms with Crippen molar-refractivity contribution >= 4 is 5.96 Å². The Kier molecular flexibility index (Phi) is 9.04. The van der Waals surface area contributed by atoms with Crippen LogP contribution in [-0.4, -0.2) is 58.4 Å². The van der Waals surface area contributed by atoms with Gasteiger partial charge < -0.3 is 24.8 Å². The van der Waals surface area contributed by atoms with E-state index in [-0.39, 0.29) is 0 Å². The van der Waals surface area contributed by atoms with Gasteiger partial charge in [0.2, 0.25) is 5.75 Å². The van der Waals surface area contributed by atoms with Crippen molar-refractivity contribution in [2.24, 2.45) is 4.99 Å². The van der Waals surface area contributed by atoms with E-state index in [4.69, 9.17) is 19.2 Å². The Hall–Kier alpha value is -2.93. The van der Waals surface area contributed by atoms with Gasteiger partial charge in [-0.1, -0.05) is 30.3 Å². The molecule has 32 heavy (non-hydrogen) atoms. The molecule has 1 aliphatic rings. The molecular weight excluding hydrogens is 404 g/mol. The molecule has 7 nitrogen and oxygen atoms in total. The maximum atomic E-state index is 5.60. The zero-order valence-corrected chi connectivity index (χ0v) is 19.7. The van der Waals surface area contributed by atoms with Gasteiger partial charge in [0.05, 0.1) is 33.9 Å². The smallest absolute Gasteiger partial charge is 0.203 e. The molecule has 1 saturated heterocycles. The van der Waals surface area contributed by atoms with Crippen molar-refractivity contribution in [2.75, 3.05) is 47.5 Å². The van der Waals surface area contributed by atoms with Crippen LogP contribution in [-0.2, 0) is 6.54 Å². The van der Waals surface area contributed by atoms with Crippen molar-refractivity contribution in [1.29, 1.82) is 0 Å². The second kappa shape index (κ2) is 12.2. The molecule has 174 valence electrons. The molecule has 2 aromatic carbocycles. The minimum atomic E-state index is 0.318. The molecule has 0 saturated carbocycles. The maximum Gasteiger partial charge on any atom is 0.203 e. The van der Waals surface area contributed by atoms with Crippen LogP contribution in [0.15, 0.2) is 47.5 Å². The standard InChI is InChI=1S/C25H36N4O3/c1-5-26-25(27-17-20-13-14-22(30-2)24(32-4)23(20)31-3)28-18-21(29-15-9-10-16-29)19-11-7-6-8-12-19/h6-8,11-14,21H,5,9-10,15-18H2,1-4H3,(H2,26,27,28). The zero-order valence-electron chi connectivity index (χ0n) is 19.7. The highest BCUT2D eigenvalue weighted by Gasteiger charge is 2.23. The Morgan fingerprint density at radius 2 is 1.66 bits per heavy atom. The number of guanidine groups is 1. The van der Waals surface area contributed by atoms with Gasteiger partial charge in [0, 0.05) is 18.7 Å². The highest BCUT2D eigenvalue weighted by Crippen LogP contribution is 2.40. The van der Waals surface area contributed by atoms with Gasteiger partial charge in [0.1, 0.15) is 0 Å². The van der Waals surface area contributed by atoms with Crippen molar-refractivity contribution in [1.82, 2.24) is 15.5 Å². The molecule has 0 aliphatic carbocycles. The fraction of sp³-hybridized carbons (Fsp3) is 0.480. The minimum absolute atomic E-state index is 0.318. The number of nitrogens with one attached hydrogen (secondary N) is 2. The van der Waals surface area contributed by atoms with Gasteiger partial charge in [-0.3, -0.25) is 4.90 Å². The van der Waals surface area contributed by atoms with E-state index in [1.54, 1.807) is 21.3 Å². The lowest BCUT2D eigenvalue weighted by Gasteiger charge is -2.29. The number of likely N-dealkylation sites (tertiary alicyclic amines) is 1. The van der Waals surface area contributed by atoms with Crippen molar-refractivity contribution in [3.63, 3.8) is 0 Å². The molecule has 0 spiro atoms. The van der Waals surface area contributed by atoms with E-state index >= 15 is 0 Å². The minimum Gasteiger partial charge on any atom is -0.493 e. The lowest BCUT2D eigenvalue weighted by molar-refractivity contribution is 0.245. The summed E-state index contributed by atoms with van der Waals surface area (Å²) in [5.41, 5.74) is 2.26. The summed E-state index contributed by atoms with van der Waals surface area (Å²) >= 11 is 0. The topological polar surface area (TPSA) is 67.4 Å². The second-order valence-corrected chi connectivity index (χ2v) is 7.74. The Labute approximate surface area is 191 Å². The fourth-order valence-corrected chi connectivity index (χ4v) is 4.17. The molecule has 0 aromatic heterocycles. The van der Waals surface area contributed by atoms with Crippen LogP contribution in [0.1, 0.15) is 36.9 Å². The van der Waals surface area contributed by atoms with Gasteiger partial charge in [-0.25, -0.2) is 4.99 Å². The lowest BCUT2D eigenvalue weighted by Crippen LogP contribution is -2.42. The van der Waals surface area contributed by atoms with E-state index in [1.165, 1.54) is 18.4 Å². The Balaban J connectivity index is 1.76. The number of hydrogen-bond donors (Lipinski definition) is 2. The molecule has 0 amide bonds. The molecule has 7 heteroatoms. The van der Waals surface area contributed by atoms with Gasteiger partial charge in [0.15, 0.2) is 17.5 Å². The Morgan fingerprint density at radius 3 is 2.28 bits per heavy atom. The zero-order chi connectivity index (χ0) is 22.8. The first kappa shape index (κ1) is 23.7. The predicted octanol–water partition coefficient (Wildman–Crippen LogP) is 3.60. The number of methoxy groups -OCH3 is 3. The molecule has 1 fully saturated rings. The first-order valence-electron chi connectivity index (χ1n) is 11.3. The van der Waals surface area contributed by atoms with Gasteiger partial charge in [-0.15, -0.1) is 0 Å². The van der Waals surface area contributed by atoms with Crippen LogP contribution in [0, 0.1) is 0 Å². The highest BCUT2D eigenvalue weighted by molar-refractivity contribution is 5.79. The number of hydrogen-bond acceptors (Lipinski definition) is 5.